The fraction of sp³-hybridized carbons (Fsp3) is 0.158. The van der Waals surface area contributed by atoms with Crippen LogP contribution in [0.1, 0.15) is 22.3 Å². The largest absolute Gasteiger partial charge is 0.272 e. The van der Waals surface area contributed by atoms with Crippen LogP contribution in [0.15, 0.2) is 36.4 Å². The van der Waals surface area contributed by atoms with Crippen LogP contribution in [0.4, 0.5) is 5.69 Å². The fourth-order valence-electron chi connectivity index (χ4n) is 3.47. The van der Waals surface area contributed by atoms with Crippen molar-refractivity contribution in [1.82, 2.24) is 10.2 Å². The number of nitro groups is 1. The number of nitrogens with zero attached hydrogens (tertiary/aromatic N) is 3. The zero-order chi connectivity index (χ0) is 17.7. The summed E-state index contributed by atoms with van der Waals surface area (Å²) in [6.45, 7) is 3.79. The van der Waals surface area contributed by atoms with Gasteiger partial charge in [-0.3, -0.25) is 10.1 Å². The number of halogens is 1. The topological polar surface area (TPSA) is 68.9 Å². The molecule has 1 heterocycles. The SMILES string of the molecule is Cc1ccc2c(c1)Cc1c(Cl)nnc(-c3cccc([N+](=O)[O-])c3C)c1-2. The van der Waals surface area contributed by atoms with E-state index < -0.39 is 0 Å². The predicted molar refractivity (Wildman–Crippen MR) is 96.8 cm³/mol. The summed E-state index contributed by atoms with van der Waals surface area (Å²) in [4.78, 5) is 10.9. The van der Waals surface area contributed by atoms with Gasteiger partial charge in [-0.15, -0.1) is 10.2 Å². The highest BCUT2D eigenvalue weighted by Gasteiger charge is 2.28. The number of benzene rings is 2. The smallest absolute Gasteiger partial charge is 0.258 e. The summed E-state index contributed by atoms with van der Waals surface area (Å²) >= 11 is 6.30. The van der Waals surface area contributed by atoms with Gasteiger partial charge in [-0.25, -0.2) is 0 Å². The second-order valence-electron chi connectivity index (χ2n) is 6.24. The first kappa shape index (κ1) is 15.7. The molecular weight excluding hydrogens is 338 g/mol. The van der Waals surface area contributed by atoms with Crippen molar-refractivity contribution in [2.45, 2.75) is 20.3 Å². The molecule has 3 aromatic rings. The first-order chi connectivity index (χ1) is 12.0. The first-order valence-corrected chi connectivity index (χ1v) is 8.24. The molecule has 1 aromatic heterocycles. The van der Waals surface area contributed by atoms with Crippen molar-refractivity contribution in [2.75, 3.05) is 0 Å². The molecule has 0 atom stereocenters. The Kier molecular flexibility index (Phi) is 3.54. The molecule has 0 saturated carbocycles. The Balaban J connectivity index is 2.02. The number of hydrogen-bond acceptors (Lipinski definition) is 4. The number of rotatable bonds is 2. The van der Waals surface area contributed by atoms with Gasteiger partial charge in [-0.1, -0.05) is 47.5 Å². The average molecular weight is 352 g/mol. The lowest BCUT2D eigenvalue weighted by Gasteiger charge is -2.11. The van der Waals surface area contributed by atoms with E-state index >= 15 is 0 Å². The molecule has 0 saturated heterocycles. The zero-order valence-corrected chi connectivity index (χ0v) is 14.5. The molecule has 0 spiro atoms. The molecule has 0 N–H and O–H groups in total. The predicted octanol–water partition coefficient (Wildman–Crippen LogP) is 4.89. The van der Waals surface area contributed by atoms with Gasteiger partial charge in [-0.2, -0.15) is 0 Å². The zero-order valence-electron chi connectivity index (χ0n) is 13.7. The minimum Gasteiger partial charge on any atom is -0.258 e. The standard InChI is InChI=1S/C19H14ClN3O2/c1-10-6-7-14-12(8-10)9-15-17(14)18(21-22-19(15)20)13-4-3-5-16(11(13)2)23(24)25/h3-8H,9H2,1-2H3. The van der Waals surface area contributed by atoms with Crippen molar-refractivity contribution in [2.24, 2.45) is 0 Å². The van der Waals surface area contributed by atoms with E-state index in [1.807, 2.05) is 19.1 Å². The third-order valence-electron chi connectivity index (χ3n) is 4.68. The van der Waals surface area contributed by atoms with Crippen molar-refractivity contribution in [3.63, 3.8) is 0 Å². The van der Waals surface area contributed by atoms with Crippen LogP contribution in [0.25, 0.3) is 22.4 Å². The van der Waals surface area contributed by atoms with Gasteiger partial charge in [0.1, 0.15) is 5.69 Å². The third-order valence-corrected chi connectivity index (χ3v) is 4.98. The summed E-state index contributed by atoms with van der Waals surface area (Å²) in [7, 11) is 0. The van der Waals surface area contributed by atoms with Crippen molar-refractivity contribution < 1.29 is 4.92 Å². The van der Waals surface area contributed by atoms with Crippen LogP contribution in [0.2, 0.25) is 5.15 Å². The van der Waals surface area contributed by atoms with E-state index in [0.717, 1.165) is 16.7 Å². The Morgan fingerprint density at radius 3 is 2.68 bits per heavy atom. The number of aromatic nitrogens is 2. The maximum Gasteiger partial charge on any atom is 0.272 e. The highest BCUT2D eigenvalue weighted by Crippen LogP contribution is 2.45. The molecule has 0 amide bonds. The first-order valence-electron chi connectivity index (χ1n) is 7.86. The highest BCUT2D eigenvalue weighted by atomic mass is 35.5. The highest BCUT2D eigenvalue weighted by molar-refractivity contribution is 6.30. The Morgan fingerprint density at radius 1 is 1.12 bits per heavy atom. The van der Waals surface area contributed by atoms with Crippen LogP contribution in [-0.2, 0) is 6.42 Å². The van der Waals surface area contributed by atoms with E-state index in [4.69, 9.17) is 11.6 Å². The third kappa shape index (κ3) is 2.39. The molecule has 25 heavy (non-hydrogen) atoms. The summed E-state index contributed by atoms with van der Waals surface area (Å²) in [6, 6.07) is 11.3. The minimum atomic E-state index is -0.375. The number of fused-ring (bicyclic) bond motifs is 3. The monoisotopic (exact) mass is 351 g/mol. The molecule has 124 valence electrons. The quantitative estimate of drug-likeness (QED) is 0.380. The average Bonchev–Trinajstić information content (AvgIpc) is 2.95. The van der Waals surface area contributed by atoms with Gasteiger partial charge in [0.15, 0.2) is 5.15 Å². The molecule has 0 bridgehead atoms. The molecule has 0 aliphatic heterocycles. The van der Waals surface area contributed by atoms with Crippen LogP contribution in [-0.4, -0.2) is 15.1 Å². The van der Waals surface area contributed by atoms with Crippen LogP contribution < -0.4 is 0 Å². The van der Waals surface area contributed by atoms with Gasteiger partial charge >= 0.3 is 0 Å². The number of aryl methyl sites for hydroxylation is 1. The Labute approximate surface area is 149 Å². The molecule has 0 radical (unpaired) electrons. The van der Waals surface area contributed by atoms with E-state index in [0.29, 0.717) is 28.4 Å². The lowest BCUT2D eigenvalue weighted by Crippen LogP contribution is -1.99. The van der Waals surface area contributed by atoms with Crippen molar-refractivity contribution in [3.8, 4) is 22.4 Å². The minimum absolute atomic E-state index is 0.0742. The molecule has 0 unspecified atom stereocenters. The van der Waals surface area contributed by atoms with Crippen LogP contribution in [0, 0.1) is 24.0 Å². The summed E-state index contributed by atoms with van der Waals surface area (Å²) in [5.41, 5.74) is 7.28. The molecular formula is C19H14ClN3O2. The van der Waals surface area contributed by atoms with Crippen LogP contribution in [0.5, 0.6) is 0 Å². The van der Waals surface area contributed by atoms with Gasteiger partial charge in [-0.05, 0) is 25.0 Å². The van der Waals surface area contributed by atoms with Crippen LogP contribution in [0.3, 0.4) is 0 Å². The Bertz CT molecular complexity index is 1050. The Morgan fingerprint density at radius 2 is 1.92 bits per heavy atom. The van der Waals surface area contributed by atoms with Gasteiger partial charge in [0.2, 0.25) is 0 Å². The molecule has 0 fully saturated rings. The number of hydrogen-bond donors (Lipinski definition) is 0. The maximum absolute atomic E-state index is 11.3. The second kappa shape index (κ2) is 5.63. The summed E-state index contributed by atoms with van der Waals surface area (Å²) in [5.74, 6) is 0. The van der Waals surface area contributed by atoms with Gasteiger partial charge < -0.3 is 0 Å². The lowest BCUT2D eigenvalue weighted by atomic mass is 9.96. The van der Waals surface area contributed by atoms with Crippen molar-refractivity contribution >= 4 is 17.3 Å². The van der Waals surface area contributed by atoms with Gasteiger partial charge in [0, 0.05) is 34.7 Å². The van der Waals surface area contributed by atoms with E-state index in [1.165, 1.54) is 17.2 Å². The second-order valence-corrected chi connectivity index (χ2v) is 6.60. The van der Waals surface area contributed by atoms with E-state index in [-0.39, 0.29) is 10.6 Å². The molecule has 5 nitrogen and oxygen atoms in total. The maximum atomic E-state index is 11.3. The van der Waals surface area contributed by atoms with E-state index in [2.05, 4.69) is 22.3 Å². The molecule has 2 aromatic carbocycles. The molecule has 4 rings (SSSR count). The van der Waals surface area contributed by atoms with Crippen LogP contribution >= 0.6 is 11.6 Å². The lowest BCUT2D eigenvalue weighted by molar-refractivity contribution is -0.385. The van der Waals surface area contributed by atoms with Gasteiger partial charge in [0.25, 0.3) is 5.69 Å². The fourth-order valence-corrected chi connectivity index (χ4v) is 3.67. The summed E-state index contributed by atoms with van der Waals surface area (Å²) in [5, 5.41) is 20.1. The Hall–Kier alpha value is -2.79. The van der Waals surface area contributed by atoms with E-state index in [1.54, 1.807) is 13.0 Å². The summed E-state index contributed by atoms with van der Waals surface area (Å²) < 4.78 is 0. The van der Waals surface area contributed by atoms with E-state index in [9.17, 15) is 10.1 Å². The molecule has 6 heteroatoms. The van der Waals surface area contributed by atoms with Crippen molar-refractivity contribution in [3.05, 3.63) is 73.9 Å². The number of nitro benzene ring substituents is 1. The molecule has 1 aliphatic carbocycles. The summed E-state index contributed by atoms with van der Waals surface area (Å²) in [6.07, 6.45) is 0.696. The molecule has 1 aliphatic rings. The van der Waals surface area contributed by atoms with Crippen molar-refractivity contribution in [1.29, 1.82) is 0 Å². The normalized spacial score (nSPS) is 12.0. The van der Waals surface area contributed by atoms with Gasteiger partial charge in [0.05, 0.1) is 4.92 Å².